The number of nitrogens with one attached hydrogen (secondary N) is 1. The number of sulfonamides is 1. The summed E-state index contributed by atoms with van der Waals surface area (Å²) < 4.78 is 65.9. The number of nitriles is 1. The summed E-state index contributed by atoms with van der Waals surface area (Å²) >= 11 is 0. The van der Waals surface area contributed by atoms with Crippen molar-refractivity contribution in [2.75, 3.05) is 14.2 Å². The van der Waals surface area contributed by atoms with Gasteiger partial charge < -0.3 is 18.6 Å². The van der Waals surface area contributed by atoms with Crippen molar-refractivity contribution in [3.8, 4) is 34.4 Å². The fraction of sp³-hybridized carbons (Fsp3) is 0.121. The predicted octanol–water partition coefficient (Wildman–Crippen LogP) is 5.56. The van der Waals surface area contributed by atoms with E-state index in [1.807, 2.05) is 6.07 Å². The number of aryl methyl sites for hydroxylation is 1. The van der Waals surface area contributed by atoms with Crippen LogP contribution in [0.15, 0.2) is 105 Å². The van der Waals surface area contributed by atoms with E-state index < -0.39 is 27.5 Å². The van der Waals surface area contributed by atoms with Crippen molar-refractivity contribution in [1.82, 2.24) is 9.71 Å². The van der Waals surface area contributed by atoms with Gasteiger partial charge in [0.15, 0.2) is 5.75 Å². The lowest BCUT2D eigenvalue weighted by Gasteiger charge is -2.28. The number of rotatable bonds is 7. The first-order valence-corrected chi connectivity index (χ1v) is 15.0. The largest absolute Gasteiger partial charge is 0.497 e. The predicted molar refractivity (Wildman–Crippen MR) is 162 cm³/mol. The Morgan fingerprint density at radius 1 is 1.02 bits per heavy atom. The number of methoxy groups -OCH3 is 2. The highest BCUT2D eigenvalue weighted by atomic mass is 32.2. The number of hydrogen-bond acceptors (Lipinski definition) is 9. The number of para-hydroxylation sites is 1. The van der Waals surface area contributed by atoms with Gasteiger partial charge in [0.25, 0.3) is 10.0 Å². The van der Waals surface area contributed by atoms with Crippen molar-refractivity contribution >= 4 is 21.0 Å². The Bertz CT molecular complexity index is 2220. The van der Waals surface area contributed by atoms with E-state index >= 15 is 0 Å². The molecule has 0 saturated heterocycles. The van der Waals surface area contributed by atoms with E-state index in [0.717, 1.165) is 0 Å². The van der Waals surface area contributed by atoms with Crippen LogP contribution in [0.2, 0.25) is 0 Å². The minimum atomic E-state index is -4.27. The molecule has 0 bridgehead atoms. The van der Waals surface area contributed by atoms with Gasteiger partial charge in [0.05, 0.1) is 36.0 Å². The second kappa shape index (κ2) is 11.4. The Morgan fingerprint density at radius 3 is 2.47 bits per heavy atom. The summed E-state index contributed by atoms with van der Waals surface area (Å²) in [6, 6.07) is 20.9. The molecule has 3 aromatic carbocycles. The molecule has 1 N–H and O–H groups in total. The molecule has 0 spiro atoms. The summed E-state index contributed by atoms with van der Waals surface area (Å²) in [5, 5.41) is 10.9. The van der Waals surface area contributed by atoms with Crippen molar-refractivity contribution in [3.63, 3.8) is 0 Å². The fourth-order valence-electron chi connectivity index (χ4n) is 5.22. The molecule has 0 radical (unpaired) electrons. The molecule has 5 aromatic rings. The van der Waals surface area contributed by atoms with Gasteiger partial charge in [0.1, 0.15) is 28.7 Å². The molecule has 226 valence electrons. The first-order chi connectivity index (χ1) is 21.6. The summed E-state index contributed by atoms with van der Waals surface area (Å²) in [4.78, 5) is 17.3. The van der Waals surface area contributed by atoms with Gasteiger partial charge in [-0.3, -0.25) is 0 Å². The third-order valence-corrected chi connectivity index (χ3v) is 8.77. The van der Waals surface area contributed by atoms with Crippen molar-refractivity contribution in [2.24, 2.45) is 0 Å². The van der Waals surface area contributed by atoms with Gasteiger partial charge in [-0.25, -0.2) is 22.9 Å². The number of nitrogens with zero attached hydrogens (tertiary/aromatic N) is 2. The molecule has 0 fully saturated rings. The highest BCUT2D eigenvalue weighted by molar-refractivity contribution is 7.89. The third kappa shape index (κ3) is 5.23. The van der Waals surface area contributed by atoms with Crippen LogP contribution in [-0.2, 0) is 10.0 Å². The van der Waals surface area contributed by atoms with Gasteiger partial charge in [0, 0.05) is 22.9 Å². The summed E-state index contributed by atoms with van der Waals surface area (Å²) in [5.74, 6) is -1.22. The number of aromatic nitrogens is 1. The Morgan fingerprint density at radius 2 is 1.78 bits per heavy atom. The standard InChI is InChI=1S/C33H24FN3O7S/c1-18-14-20(17-36-31(18)34)24-15-19(8-13-26(24)42-3)28-25(16-35)32(37-45(39,40)22-11-9-21(41-2)10-12-22)44-30-23-6-4-5-7-27(23)43-33(38)29(28)30/h4-15,17,28,37H,1-3H3. The van der Waals surface area contributed by atoms with Crippen LogP contribution in [0.3, 0.4) is 0 Å². The molecule has 3 heterocycles. The van der Waals surface area contributed by atoms with Gasteiger partial charge in [0.2, 0.25) is 11.8 Å². The van der Waals surface area contributed by atoms with Crippen molar-refractivity contribution in [2.45, 2.75) is 17.7 Å². The molecular formula is C33H24FN3O7S. The lowest BCUT2D eigenvalue weighted by atomic mass is 9.82. The molecule has 6 rings (SSSR count). The second-order valence-electron chi connectivity index (χ2n) is 10.1. The summed E-state index contributed by atoms with van der Waals surface area (Å²) in [7, 11) is -1.35. The lowest BCUT2D eigenvalue weighted by molar-refractivity contribution is 0.374. The molecule has 1 unspecified atom stereocenters. The van der Waals surface area contributed by atoms with E-state index in [4.69, 9.17) is 18.6 Å². The molecule has 1 aliphatic heterocycles. The van der Waals surface area contributed by atoms with E-state index in [1.54, 1.807) is 55.5 Å². The van der Waals surface area contributed by atoms with Gasteiger partial charge in [-0.05, 0) is 67.1 Å². The zero-order valence-electron chi connectivity index (χ0n) is 24.1. The number of pyridine rings is 1. The van der Waals surface area contributed by atoms with E-state index in [9.17, 15) is 22.9 Å². The number of benzene rings is 3. The van der Waals surface area contributed by atoms with Crippen LogP contribution in [0.5, 0.6) is 17.2 Å². The van der Waals surface area contributed by atoms with E-state index in [1.165, 1.54) is 44.7 Å². The molecule has 2 aromatic heterocycles. The van der Waals surface area contributed by atoms with Crippen LogP contribution in [0.25, 0.3) is 22.1 Å². The maximum Gasteiger partial charge on any atom is 0.344 e. The zero-order valence-corrected chi connectivity index (χ0v) is 24.9. The van der Waals surface area contributed by atoms with E-state index in [2.05, 4.69) is 9.71 Å². The van der Waals surface area contributed by atoms with Crippen LogP contribution in [0, 0.1) is 24.2 Å². The quantitative estimate of drug-likeness (QED) is 0.182. The maximum absolute atomic E-state index is 14.0. The number of halogens is 1. The Kier molecular flexibility index (Phi) is 7.48. The minimum absolute atomic E-state index is 0.00201. The lowest BCUT2D eigenvalue weighted by Crippen LogP contribution is -2.33. The molecular weight excluding hydrogens is 601 g/mol. The number of allylic oxidation sites excluding steroid dienone is 1. The van der Waals surface area contributed by atoms with Gasteiger partial charge >= 0.3 is 5.63 Å². The Labute approximate surface area is 257 Å². The summed E-state index contributed by atoms with van der Waals surface area (Å²) in [5.41, 5.74) is 0.994. The van der Waals surface area contributed by atoms with E-state index in [-0.39, 0.29) is 33.2 Å². The number of fused-ring (bicyclic) bond motifs is 3. The second-order valence-corrected chi connectivity index (χ2v) is 11.8. The Hall–Kier alpha value is -5.67. The van der Waals surface area contributed by atoms with Crippen molar-refractivity contribution in [3.05, 3.63) is 124 Å². The van der Waals surface area contributed by atoms with Crippen molar-refractivity contribution < 1.29 is 31.4 Å². The Balaban J connectivity index is 1.59. The molecule has 0 aliphatic carbocycles. The SMILES string of the molecule is COc1ccc(S(=O)(=O)NC2=C(C#N)C(c3ccc(OC)c(-c4cnc(F)c(C)c4)c3)c3c(c4ccccc4oc3=O)O2)cc1. The van der Waals surface area contributed by atoms with Gasteiger partial charge in [-0.15, -0.1) is 0 Å². The average Bonchev–Trinajstić information content (AvgIpc) is 3.05. The minimum Gasteiger partial charge on any atom is -0.497 e. The highest BCUT2D eigenvalue weighted by Crippen LogP contribution is 2.46. The van der Waals surface area contributed by atoms with Crippen LogP contribution < -0.4 is 24.6 Å². The molecule has 1 atom stereocenters. The average molecular weight is 626 g/mol. The molecule has 0 amide bonds. The van der Waals surface area contributed by atoms with Crippen LogP contribution >= 0.6 is 0 Å². The monoisotopic (exact) mass is 625 g/mol. The van der Waals surface area contributed by atoms with Gasteiger partial charge in [-0.2, -0.15) is 9.65 Å². The highest BCUT2D eigenvalue weighted by Gasteiger charge is 2.38. The van der Waals surface area contributed by atoms with Crippen molar-refractivity contribution in [1.29, 1.82) is 5.26 Å². The van der Waals surface area contributed by atoms with E-state index in [0.29, 0.717) is 39.1 Å². The first-order valence-electron chi connectivity index (χ1n) is 13.5. The normalized spacial score (nSPS) is 14.3. The molecule has 1 aliphatic rings. The maximum atomic E-state index is 14.0. The molecule has 45 heavy (non-hydrogen) atoms. The van der Waals surface area contributed by atoms with Crippen LogP contribution in [0.1, 0.15) is 22.6 Å². The molecule has 10 nitrogen and oxygen atoms in total. The fourth-order valence-corrected chi connectivity index (χ4v) is 6.23. The number of hydrogen-bond donors (Lipinski definition) is 1. The summed E-state index contributed by atoms with van der Waals surface area (Å²) in [6.07, 6.45) is 1.35. The summed E-state index contributed by atoms with van der Waals surface area (Å²) in [6.45, 7) is 1.57. The number of ether oxygens (including phenoxy) is 3. The third-order valence-electron chi connectivity index (χ3n) is 7.42. The molecule has 12 heteroatoms. The first kappa shape index (κ1) is 29.4. The van der Waals surface area contributed by atoms with Gasteiger partial charge in [-0.1, -0.05) is 18.2 Å². The van der Waals surface area contributed by atoms with Crippen LogP contribution in [0.4, 0.5) is 4.39 Å². The smallest absolute Gasteiger partial charge is 0.344 e. The zero-order chi connectivity index (χ0) is 31.9. The van der Waals surface area contributed by atoms with Crippen LogP contribution in [-0.4, -0.2) is 27.6 Å². The molecule has 0 saturated carbocycles. The topological polar surface area (TPSA) is 141 Å².